The van der Waals surface area contributed by atoms with Crippen molar-refractivity contribution in [1.29, 1.82) is 0 Å². The SMILES string of the molecule is CO[C@H]1CN(Cc2ccccc2OCc2ccccc2)C[C@H]1Cc1cc(C)no1. The van der Waals surface area contributed by atoms with Crippen molar-refractivity contribution in [3.63, 3.8) is 0 Å². The van der Waals surface area contributed by atoms with Crippen molar-refractivity contribution in [3.05, 3.63) is 83.2 Å². The summed E-state index contributed by atoms with van der Waals surface area (Å²) >= 11 is 0. The lowest BCUT2D eigenvalue weighted by Gasteiger charge is -2.18. The summed E-state index contributed by atoms with van der Waals surface area (Å²) < 4.78 is 17.3. The monoisotopic (exact) mass is 392 g/mol. The van der Waals surface area contributed by atoms with Crippen LogP contribution in [0.4, 0.5) is 0 Å². The molecule has 1 aliphatic heterocycles. The molecule has 1 aromatic heterocycles. The van der Waals surface area contributed by atoms with E-state index in [4.69, 9.17) is 14.0 Å². The summed E-state index contributed by atoms with van der Waals surface area (Å²) in [6, 6.07) is 20.6. The number of benzene rings is 2. The Morgan fingerprint density at radius 2 is 1.86 bits per heavy atom. The van der Waals surface area contributed by atoms with Gasteiger partial charge >= 0.3 is 0 Å². The summed E-state index contributed by atoms with van der Waals surface area (Å²) in [4.78, 5) is 2.44. The first-order valence-electron chi connectivity index (χ1n) is 10.1. The summed E-state index contributed by atoms with van der Waals surface area (Å²) in [5.74, 6) is 2.27. The van der Waals surface area contributed by atoms with Gasteiger partial charge < -0.3 is 14.0 Å². The van der Waals surface area contributed by atoms with Gasteiger partial charge in [0, 0.05) is 50.7 Å². The normalized spacial score (nSPS) is 19.5. The smallest absolute Gasteiger partial charge is 0.137 e. The average molecular weight is 392 g/mol. The summed E-state index contributed by atoms with van der Waals surface area (Å²) in [5.41, 5.74) is 3.30. The lowest BCUT2D eigenvalue weighted by Crippen LogP contribution is -2.23. The van der Waals surface area contributed by atoms with Crippen LogP contribution < -0.4 is 4.74 Å². The molecule has 0 amide bonds. The standard InChI is InChI=1S/C24H28N2O3/c1-18-12-22(29-25-18)13-21-15-26(16-24(21)27-2)14-20-10-6-7-11-23(20)28-17-19-8-4-3-5-9-19/h3-12,21,24H,13-17H2,1-2H3/t21-,24+/m1/s1. The molecule has 4 rings (SSSR count). The van der Waals surface area contributed by atoms with Gasteiger partial charge in [0.2, 0.25) is 0 Å². The molecule has 0 spiro atoms. The molecule has 0 unspecified atom stereocenters. The zero-order chi connectivity index (χ0) is 20.1. The van der Waals surface area contributed by atoms with E-state index >= 15 is 0 Å². The van der Waals surface area contributed by atoms with Crippen LogP contribution in [0.1, 0.15) is 22.6 Å². The van der Waals surface area contributed by atoms with E-state index in [2.05, 4.69) is 40.4 Å². The molecule has 5 heteroatoms. The molecule has 1 fully saturated rings. The molecule has 1 aliphatic rings. The first-order valence-corrected chi connectivity index (χ1v) is 10.1. The number of aryl methyl sites for hydroxylation is 1. The van der Waals surface area contributed by atoms with Crippen molar-refractivity contribution in [2.45, 2.75) is 32.6 Å². The Kier molecular flexibility index (Phi) is 6.27. The van der Waals surface area contributed by atoms with Crippen molar-refractivity contribution >= 4 is 0 Å². The summed E-state index contributed by atoms with van der Waals surface area (Å²) in [5, 5.41) is 4.01. The largest absolute Gasteiger partial charge is 0.489 e. The van der Waals surface area contributed by atoms with Gasteiger partial charge in [-0.1, -0.05) is 53.7 Å². The molecule has 0 N–H and O–H groups in total. The van der Waals surface area contributed by atoms with Gasteiger partial charge in [0.25, 0.3) is 0 Å². The van der Waals surface area contributed by atoms with E-state index in [-0.39, 0.29) is 6.10 Å². The maximum Gasteiger partial charge on any atom is 0.137 e. The Morgan fingerprint density at radius 3 is 2.62 bits per heavy atom. The van der Waals surface area contributed by atoms with Crippen molar-refractivity contribution in [3.8, 4) is 5.75 Å². The van der Waals surface area contributed by atoms with Crippen LogP contribution in [0.15, 0.2) is 65.2 Å². The number of rotatable bonds is 8. The fraction of sp³-hybridized carbons (Fsp3) is 0.375. The first-order chi connectivity index (χ1) is 14.2. The highest BCUT2D eigenvalue weighted by Gasteiger charge is 2.34. The predicted molar refractivity (Wildman–Crippen MR) is 112 cm³/mol. The first kappa shape index (κ1) is 19.7. The van der Waals surface area contributed by atoms with Gasteiger partial charge in [-0.2, -0.15) is 0 Å². The molecule has 0 saturated carbocycles. The third-order valence-electron chi connectivity index (χ3n) is 5.50. The van der Waals surface area contributed by atoms with E-state index < -0.39 is 0 Å². The molecule has 0 aliphatic carbocycles. The van der Waals surface area contributed by atoms with E-state index in [0.29, 0.717) is 12.5 Å². The molecule has 2 heterocycles. The molecule has 2 atom stereocenters. The zero-order valence-electron chi connectivity index (χ0n) is 17.1. The number of hydrogen-bond acceptors (Lipinski definition) is 5. The van der Waals surface area contributed by atoms with Gasteiger partial charge in [-0.3, -0.25) is 4.90 Å². The second-order valence-corrected chi connectivity index (χ2v) is 7.75. The molecular weight excluding hydrogens is 364 g/mol. The topological polar surface area (TPSA) is 47.7 Å². The Hall–Kier alpha value is -2.63. The minimum absolute atomic E-state index is 0.192. The molecule has 0 bridgehead atoms. The van der Waals surface area contributed by atoms with E-state index in [1.54, 1.807) is 7.11 Å². The molecule has 3 aromatic rings. The van der Waals surface area contributed by atoms with E-state index in [1.165, 1.54) is 11.1 Å². The second-order valence-electron chi connectivity index (χ2n) is 7.75. The van der Waals surface area contributed by atoms with Crippen molar-refractivity contribution in [2.24, 2.45) is 5.92 Å². The number of hydrogen-bond donors (Lipinski definition) is 0. The van der Waals surface area contributed by atoms with E-state index in [0.717, 1.165) is 43.3 Å². The minimum Gasteiger partial charge on any atom is -0.489 e. The van der Waals surface area contributed by atoms with Crippen LogP contribution in [-0.4, -0.2) is 36.4 Å². The molecular formula is C24H28N2O3. The van der Waals surface area contributed by atoms with E-state index in [9.17, 15) is 0 Å². The molecule has 5 nitrogen and oxygen atoms in total. The van der Waals surface area contributed by atoms with Gasteiger partial charge in [-0.05, 0) is 18.6 Å². The number of nitrogens with zero attached hydrogens (tertiary/aromatic N) is 2. The van der Waals surface area contributed by atoms with Gasteiger partial charge in [0.1, 0.15) is 18.1 Å². The maximum absolute atomic E-state index is 6.13. The lowest BCUT2D eigenvalue weighted by molar-refractivity contribution is 0.0761. The van der Waals surface area contributed by atoms with Crippen LogP contribution in [-0.2, 0) is 24.3 Å². The van der Waals surface area contributed by atoms with Crippen LogP contribution in [0, 0.1) is 12.8 Å². The van der Waals surface area contributed by atoms with Crippen LogP contribution in [0.2, 0.25) is 0 Å². The van der Waals surface area contributed by atoms with Crippen LogP contribution >= 0.6 is 0 Å². The number of likely N-dealkylation sites (tertiary alicyclic amines) is 1. The second kappa shape index (κ2) is 9.25. The average Bonchev–Trinajstić information content (AvgIpc) is 3.33. The summed E-state index contributed by atoms with van der Waals surface area (Å²) in [7, 11) is 1.80. The Morgan fingerprint density at radius 1 is 1.07 bits per heavy atom. The summed E-state index contributed by atoms with van der Waals surface area (Å²) in [6.45, 7) is 5.24. The van der Waals surface area contributed by atoms with Gasteiger partial charge in [0.15, 0.2) is 0 Å². The van der Waals surface area contributed by atoms with Gasteiger partial charge in [-0.25, -0.2) is 0 Å². The van der Waals surface area contributed by atoms with Crippen LogP contribution in [0.3, 0.4) is 0 Å². The van der Waals surface area contributed by atoms with Gasteiger partial charge in [-0.15, -0.1) is 0 Å². The number of para-hydroxylation sites is 1. The third-order valence-corrected chi connectivity index (χ3v) is 5.50. The third kappa shape index (κ3) is 5.05. The molecule has 0 radical (unpaired) electrons. The lowest BCUT2D eigenvalue weighted by atomic mass is 10.0. The van der Waals surface area contributed by atoms with Crippen molar-refractivity contribution in [1.82, 2.24) is 10.1 Å². The Balaban J connectivity index is 1.40. The number of methoxy groups -OCH3 is 1. The van der Waals surface area contributed by atoms with Crippen LogP contribution in [0.5, 0.6) is 5.75 Å². The Labute approximate surface area is 172 Å². The highest BCUT2D eigenvalue weighted by molar-refractivity contribution is 5.33. The quantitative estimate of drug-likeness (QED) is 0.573. The molecule has 1 saturated heterocycles. The fourth-order valence-corrected chi connectivity index (χ4v) is 4.04. The minimum atomic E-state index is 0.192. The van der Waals surface area contributed by atoms with Crippen molar-refractivity contribution < 1.29 is 14.0 Å². The maximum atomic E-state index is 6.13. The molecule has 29 heavy (non-hydrogen) atoms. The molecule has 152 valence electrons. The number of ether oxygens (including phenoxy) is 2. The zero-order valence-corrected chi connectivity index (χ0v) is 17.1. The van der Waals surface area contributed by atoms with Gasteiger partial charge in [0.05, 0.1) is 11.8 Å². The molecule has 2 aromatic carbocycles. The van der Waals surface area contributed by atoms with E-state index in [1.807, 2.05) is 37.3 Å². The highest BCUT2D eigenvalue weighted by atomic mass is 16.5. The fourth-order valence-electron chi connectivity index (χ4n) is 4.04. The highest BCUT2D eigenvalue weighted by Crippen LogP contribution is 2.28. The predicted octanol–water partition coefficient (Wildman–Crippen LogP) is 4.25. The van der Waals surface area contributed by atoms with Crippen LogP contribution in [0.25, 0.3) is 0 Å². The Bertz CT molecular complexity index is 909. The summed E-state index contributed by atoms with van der Waals surface area (Å²) in [6.07, 6.45) is 1.04. The number of aromatic nitrogens is 1. The van der Waals surface area contributed by atoms with Crippen molar-refractivity contribution in [2.75, 3.05) is 20.2 Å².